The van der Waals surface area contributed by atoms with Gasteiger partial charge in [0.2, 0.25) is 0 Å². The molecule has 1 amide bonds. The summed E-state index contributed by atoms with van der Waals surface area (Å²) in [6, 6.07) is 7.80. The van der Waals surface area contributed by atoms with Crippen LogP contribution in [-0.4, -0.2) is 49.7 Å². The summed E-state index contributed by atoms with van der Waals surface area (Å²) in [4.78, 5) is 16.9. The average molecular weight is 383 g/mol. The van der Waals surface area contributed by atoms with Crippen molar-refractivity contribution in [2.75, 3.05) is 37.7 Å². The molecule has 1 unspecified atom stereocenters. The van der Waals surface area contributed by atoms with Crippen molar-refractivity contribution in [3.8, 4) is 0 Å². The van der Waals surface area contributed by atoms with Crippen LogP contribution in [0.25, 0.3) is 0 Å². The quantitative estimate of drug-likeness (QED) is 0.578. The van der Waals surface area contributed by atoms with Crippen molar-refractivity contribution in [1.82, 2.24) is 4.90 Å². The van der Waals surface area contributed by atoms with Crippen LogP contribution in [0.4, 0.5) is 5.69 Å². The monoisotopic (exact) mass is 382 g/mol. The van der Waals surface area contributed by atoms with Gasteiger partial charge < -0.3 is 14.5 Å². The summed E-state index contributed by atoms with van der Waals surface area (Å²) in [5.41, 5.74) is 0.880. The van der Waals surface area contributed by atoms with Gasteiger partial charge in [0.05, 0.1) is 6.61 Å². The number of likely N-dealkylation sites (N-methyl/N-ethyl adjacent to an activating group) is 1. The van der Waals surface area contributed by atoms with Crippen molar-refractivity contribution in [3.05, 3.63) is 41.4 Å². The lowest BCUT2D eigenvalue weighted by molar-refractivity contribution is -0.128. The maximum Gasteiger partial charge on any atom is 0.255 e. The van der Waals surface area contributed by atoms with Crippen molar-refractivity contribution < 1.29 is 9.53 Å². The predicted molar refractivity (Wildman–Crippen MR) is 99.9 cm³/mol. The molecule has 1 atom stereocenters. The highest BCUT2D eigenvalue weighted by molar-refractivity contribution is 9.10. The summed E-state index contributed by atoms with van der Waals surface area (Å²) in [5.74, 6) is -0.0305. The van der Waals surface area contributed by atoms with E-state index in [9.17, 15) is 4.79 Å². The van der Waals surface area contributed by atoms with Crippen molar-refractivity contribution in [3.63, 3.8) is 0 Å². The fourth-order valence-electron chi connectivity index (χ4n) is 2.29. The van der Waals surface area contributed by atoms with Gasteiger partial charge in [-0.2, -0.15) is 0 Å². The molecule has 23 heavy (non-hydrogen) atoms. The van der Waals surface area contributed by atoms with Crippen LogP contribution < -0.4 is 4.90 Å². The number of hydrogen-bond donors (Lipinski definition) is 0. The molecule has 0 radical (unpaired) electrons. The number of halogens is 1. The van der Waals surface area contributed by atoms with E-state index in [0.29, 0.717) is 13.2 Å². The molecule has 1 aromatic carbocycles. The summed E-state index contributed by atoms with van der Waals surface area (Å²) in [6.45, 7) is 13.5. The van der Waals surface area contributed by atoms with Gasteiger partial charge in [-0.05, 0) is 38.2 Å². The Kier molecular flexibility index (Phi) is 9.14. The molecule has 0 heterocycles. The van der Waals surface area contributed by atoms with Crippen molar-refractivity contribution in [2.45, 2.75) is 26.9 Å². The molecular weight excluding hydrogens is 356 g/mol. The first-order chi connectivity index (χ1) is 11.0. The highest BCUT2D eigenvalue weighted by atomic mass is 79.9. The number of hydrogen-bond acceptors (Lipinski definition) is 3. The minimum absolute atomic E-state index is 0.0305. The second-order valence-electron chi connectivity index (χ2n) is 5.26. The van der Waals surface area contributed by atoms with Crippen molar-refractivity contribution in [1.29, 1.82) is 0 Å². The Morgan fingerprint density at radius 2 is 2.04 bits per heavy atom. The number of ether oxygens (including phenoxy) is 1. The lowest BCUT2D eigenvalue weighted by Crippen LogP contribution is -2.43. The molecule has 0 aromatic heterocycles. The molecule has 0 aliphatic carbocycles. The number of amides is 1. The largest absolute Gasteiger partial charge is 0.365 e. The van der Waals surface area contributed by atoms with E-state index in [-0.39, 0.29) is 5.91 Å². The molecule has 0 saturated carbocycles. The van der Waals surface area contributed by atoms with E-state index in [4.69, 9.17) is 4.74 Å². The van der Waals surface area contributed by atoms with Gasteiger partial charge in [0.15, 0.2) is 0 Å². The molecule has 0 fully saturated rings. The first-order valence-electron chi connectivity index (χ1n) is 8.05. The fraction of sp³-hybridized carbons (Fsp3) is 0.500. The van der Waals surface area contributed by atoms with E-state index < -0.39 is 6.10 Å². The van der Waals surface area contributed by atoms with Gasteiger partial charge in [0.1, 0.15) is 6.10 Å². The Balaban J connectivity index is 2.91. The smallest absolute Gasteiger partial charge is 0.255 e. The van der Waals surface area contributed by atoms with Gasteiger partial charge in [0.25, 0.3) is 5.91 Å². The van der Waals surface area contributed by atoms with Crippen LogP contribution in [0, 0.1) is 0 Å². The number of carbonyl (C=O) groups excluding carboxylic acids is 1. The summed E-state index contributed by atoms with van der Waals surface area (Å²) in [5, 5.41) is 0. The minimum atomic E-state index is -0.497. The lowest BCUT2D eigenvalue weighted by Gasteiger charge is -2.28. The lowest BCUT2D eigenvalue weighted by atomic mass is 10.2. The Morgan fingerprint density at radius 3 is 2.61 bits per heavy atom. The van der Waals surface area contributed by atoms with Crippen LogP contribution in [0.5, 0.6) is 0 Å². The van der Waals surface area contributed by atoms with E-state index in [1.165, 1.54) is 0 Å². The number of benzene rings is 1. The van der Waals surface area contributed by atoms with Gasteiger partial charge in [-0.15, -0.1) is 6.58 Å². The first kappa shape index (κ1) is 19.9. The van der Waals surface area contributed by atoms with Crippen molar-refractivity contribution >= 4 is 27.5 Å². The zero-order chi connectivity index (χ0) is 17.2. The van der Waals surface area contributed by atoms with Crippen LogP contribution >= 0.6 is 15.9 Å². The van der Waals surface area contributed by atoms with Crippen LogP contribution in [0.3, 0.4) is 0 Å². The third-order valence-corrected chi connectivity index (χ3v) is 4.23. The number of nitrogens with zero attached hydrogens (tertiary/aromatic N) is 2. The molecule has 0 N–H and O–H groups in total. The molecular formula is C18H27BrN2O2. The highest BCUT2D eigenvalue weighted by Gasteiger charge is 2.22. The second kappa shape index (κ2) is 10.6. The molecule has 128 valence electrons. The SMILES string of the molecule is C=CCOC(C)C(=O)N(CCN(CC)CC)c1cccc(Br)c1. The van der Waals surface area contributed by atoms with Gasteiger partial charge in [0, 0.05) is 23.2 Å². The molecule has 1 aromatic rings. The summed E-state index contributed by atoms with van der Waals surface area (Å²) in [7, 11) is 0. The van der Waals surface area contributed by atoms with E-state index in [2.05, 4.69) is 41.3 Å². The standard InChI is InChI=1S/C18H27BrN2O2/c1-5-13-23-15(4)18(22)21(12-11-20(6-2)7-3)17-10-8-9-16(19)14-17/h5,8-10,14-15H,1,6-7,11-13H2,2-4H3. The third kappa shape index (κ3) is 6.45. The Labute approximate surface area is 148 Å². The predicted octanol–water partition coefficient (Wildman–Crippen LogP) is 3.72. The number of carbonyl (C=O) groups is 1. The van der Waals surface area contributed by atoms with Crippen LogP contribution in [0.1, 0.15) is 20.8 Å². The molecule has 5 heteroatoms. The van der Waals surface area contributed by atoms with E-state index in [1.807, 2.05) is 24.3 Å². The highest BCUT2D eigenvalue weighted by Crippen LogP contribution is 2.21. The topological polar surface area (TPSA) is 32.8 Å². The molecule has 1 rings (SSSR count). The molecule has 0 spiro atoms. The summed E-state index contributed by atoms with van der Waals surface area (Å²) in [6.07, 6.45) is 1.16. The van der Waals surface area contributed by atoms with Gasteiger partial charge in [-0.25, -0.2) is 0 Å². The van der Waals surface area contributed by atoms with Gasteiger partial charge in [-0.3, -0.25) is 4.79 Å². The maximum atomic E-state index is 12.8. The maximum absolute atomic E-state index is 12.8. The molecule has 0 aliphatic rings. The molecule has 0 saturated heterocycles. The Morgan fingerprint density at radius 1 is 1.35 bits per heavy atom. The molecule has 0 aliphatic heterocycles. The van der Waals surface area contributed by atoms with Crippen molar-refractivity contribution in [2.24, 2.45) is 0 Å². The number of anilines is 1. The average Bonchev–Trinajstić information content (AvgIpc) is 2.56. The van der Waals surface area contributed by atoms with Gasteiger partial charge in [-0.1, -0.05) is 41.9 Å². The van der Waals surface area contributed by atoms with Crippen LogP contribution in [0.2, 0.25) is 0 Å². The molecule has 0 bridgehead atoms. The van der Waals surface area contributed by atoms with Crippen LogP contribution in [0.15, 0.2) is 41.4 Å². The normalized spacial score (nSPS) is 12.2. The van der Waals surface area contributed by atoms with E-state index in [1.54, 1.807) is 17.9 Å². The fourth-order valence-corrected chi connectivity index (χ4v) is 2.68. The summed E-state index contributed by atoms with van der Waals surface area (Å²) >= 11 is 3.47. The third-order valence-electron chi connectivity index (χ3n) is 3.73. The number of rotatable bonds is 10. The van der Waals surface area contributed by atoms with Crippen LogP contribution in [-0.2, 0) is 9.53 Å². The summed E-state index contributed by atoms with van der Waals surface area (Å²) < 4.78 is 6.46. The van der Waals surface area contributed by atoms with E-state index in [0.717, 1.165) is 29.8 Å². The van der Waals surface area contributed by atoms with Gasteiger partial charge >= 0.3 is 0 Å². The minimum Gasteiger partial charge on any atom is -0.365 e. The molecule has 4 nitrogen and oxygen atoms in total. The zero-order valence-electron chi connectivity index (χ0n) is 14.3. The van der Waals surface area contributed by atoms with E-state index >= 15 is 0 Å². The zero-order valence-corrected chi connectivity index (χ0v) is 15.9. The second-order valence-corrected chi connectivity index (χ2v) is 6.18. The Bertz CT molecular complexity index is 504. The Hall–Kier alpha value is -1.17. The first-order valence-corrected chi connectivity index (χ1v) is 8.84.